The van der Waals surface area contributed by atoms with Crippen molar-refractivity contribution in [2.24, 2.45) is 0 Å². The number of nitrogens with one attached hydrogen (secondary N) is 1. The van der Waals surface area contributed by atoms with Gasteiger partial charge in [-0.15, -0.1) is 0 Å². The molecule has 1 aliphatic carbocycles. The number of carbonyl (C=O) groups excluding carboxylic acids is 2. The third kappa shape index (κ3) is 3.68. The lowest BCUT2D eigenvalue weighted by molar-refractivity contribution is -0.158. The number of hydrogen-bond acceptors (Lipinski definition) is 2. The van der Waals surface area contributed by atoms with Crippen molar-refractivity contribution >= 4 is 38.6 Å². The first kappa shape index (κ1) is 21.7. The van der Waals surface area contributed by atoms with Crippen molar-refractivity contribution in [1.82, 2.24) is 14.8 Å². The van der Waals surface area contributed by atoms with Gasteiger partial charge in [0.1, 0.15) is 6.04 Å². The van der Waals surface area contributed by atoms with E-state index in [-0.39, 0.29) is 24.4 Å². The Morgan fingerprint density at radius 1 is 1.06 bits per heavy atom. The molecular formula is C28H28BrN3O2. The van der Waals surface area contributed by atoms with Crippen LogP contribution in [0.4, 0.5) is 0 Å². The van der Waals surface area contributed by atoms with Gasteiger partial charge in [-0.05, 0) is 61.4 Å². The minimum atomic E-state index is -0.475. The van der Waals surface area contributed by atoms with Crippen LogP contribution in [0.15, 0.2) is 64.7 Å². The summed E-state index contributed by atoms with van der Waals surface area (Å²) < 4.78 is 0.961. The summed E-state index contributed by atoms with van der Waals surface area (Å²) in [7, 11) is 0. The highest BCUT2D eigenvalue weighted by atomic mass is 79.9. The third-order valence-corrected chi connectivity index (χ3v) is 8.09. The first-order chi connectivity index (χ1) is 16.6. The number of rotatable bonds is 4. The summed E-state index contributed by atoms with van der Waals surface area (Å²) in [5, 5.41) is 1.14. The number of piperazine rings is 1. The number of H-pyrrole nitrogens is 1. The van der Waals surface area contributed by atoms with Crippen molar-refractivity contribution in [1.29, 1.82) is 0 Å². The van der Waals surface area contributed by atoms with Crippen LogP contribution in [0.5, 0.6) is 0 Å². The normalized spacial score (nSPS) is 22.6. The molecule has 0 bridgehead atoms. The number of amides is 2. The summed E-state index contributed by atoms with van der Waals surface area (Å²) in [6, 6.07) is 15.5. The predicted octanol–water partition coefficient (Wildman–Crippen LogP) is 5.51. The van der Waals surface area contributed by atoms with E-state index in [9.17, 15) is 9.59 Å². The lowest BCUT2D eigenvalue weighted by Crippen LogP contribution is -2.63. The van der Waals surface area contributed by atoms with E-state index < -0.39 is 6.04 Å². The lowest BCUT2D eigenvalue weighted by Gasteiger charge is -2.47. The molecule has 0 saturated carbocycles. The van der Waals surface area contributed by atoms with Gasteiger partial charge in [0.05, 0.1) is 12.6 Å². The van der Waals surface area contributed by atoms with Gasteiger partial charge in [-0.3, -0.25) is 9.59 Å². The van der Waals surface area contributed by atoms with Gasteiger partial charge in [0.2, 0.25) is 11.8 Å². The van der Waals surface area contributed by atoms with Crippen LogP contribution >= 0.6 is 15.9 Å². The molecule has 5 nitrogen and oxygen atoms in total. The lowest BCUT2D eigenvalue weighted by atomic mass is 9.86. The highest BCUT2D eigenvalue weighted by molar-refractivity contribution is 9.10. The molecular weight excluding hydrogens is 490 g/mol. The zero-order valence-corrected chi connectivity index (χ0v) is 20.7. The second-order valence-electron chi connectivity index (χ2n) is 9.66. The number of hydrogen-bond donors (Lipinski definition) is 1. The Hall–Kier alpha value is -2.86. The molecule has 3 heterocycles. The Balaban J connectivity index is 1.39. The smallest absolute Gasteiger partial charge is 0.246 e. The van der Waals surface area contributed by atoms with Crippen molar-refractivity contribution in [2.45, 2.75) is 50.6 Å². The van der Waals surface area contributed by atoms with Gasteiger partial charge >= 0.3 is 0 Å². The summed E-state index contributed by atoms with van der Waals surface area (Å²) in [5.41, 5.74) is 5.67. The molecule has 6 rings (SSSR count). The number of aromatic amines is 1. The van der Waals surface area contributed by atoms with E-state index in [0.717, 1.165) is 51.5 Å². The van der Waals surface area contributed by atoms with Crippen molar-refractivity contribution in [3.8, 4) is 0 Å². The molecule has 6 heteroatoms. The van der Waals surface area contributed by atoms with Gasteiger partial charge < -0.3 is 14.8 Å². The largest absolute Gasteiger partial charge is 0.356 e. The Labute approximate surface area is 207 Å². The molecule has 0 spiro atoms. The fourth-order valence-corrected chi connectivity index (χ4v) is 6.36. The molecule has 3 aromatic rings. The number of aromatic nitrogens is 1. The maximum Gasteiger partial charge on any atom is 0.246 e. The average molecular weight is 518 g/mol. The van der Waals surface area contributed by atoms with Crippen LogP contribution in [0.1, 0.15) is 55.0 Å². The van der Waals surface area contributed by atoms with Gasteiger partial charge in [-0.2, -0.15) is 0 Å². The van der Waals surface area contributed by atoms with E-state index in [2.05, 4.69) is 45.2 Å². The second kappa shape index (κ2) is 8.73. The maximum absolute atomic E-state index is 13.8. The van der Waals surface area contributed by atoms with E-state index in [1.165, 1.54) is 18.4 Å². The molecule has 2 aliphatic heterocycles. The SMILES string of the molecule is O=C1[C@@H]2Cc3c([nH]c4ccccc34)C(c3cccc(Br)c3)N2C(=O)CN1CCC1=CCCCC1. The monoisotopic (exact) mass is 517 g/mol. The van der Waals surface area contributed by atoms with Crippen LogP contribution in [0.2, 0.25) is 0 Å². The van der Waals surface area contributed by atoms with Crippen LogP contribution < -0.4 is 0 Å². The Morgan fingerprint density at radius 2 is 1.94 bits per heavy atom. The number of benzene rings is 2. The molecule has 0 radical (unpaired) electrons. The van der Waals surface area contributed by atoms with Crippen molar-refractivity contribution in [2.75, 3.05) is 13.1 Å². The van der Waals surface area contributed by atoms with Gasteiger partial charge in [0, 0.05) is 34.0 Å². The number of fused-ring (bicyclic) bond motifs is 4. The number of para-hydroxylation sites is 1. The molecule has 1 N–H and O–H groups in total. The van der Waals surface area contributed by atoms with Crippen molar-refractivity contribution in [3.05, 3.63) is 81.5 Å². The number of halogens is 1. The van der Waals surface area contributed by atoms with Crippen LogP contribution in [-0.2, 0) is 16.0 Å². The fraction of sp³-hybridized carbons (Fsp3) is 0.357. The molecule has 2 atom stereocenters. The quantitative estimate of drug-likeness (QED) is 0.464. The molecule has 1 unspecified atom stereocenters. The van der Waals surface area contributed by atoms with E-state index >= 15 is 0 Å². The van der Waals surface area contributed by atoms with Crippen LogP contribution in [0.25, 0.3) is 10.9 Å². The molecule has 34 heavy (non-hydrogen) atoms. The zero-order chi connectivity index (χ0) is 23.2. The van der Waals surface area contributed by atoms with Gasteiger partial charge in [0.25, 0.3) is 0 Å². The molecule has 1 aromatic heterocycles. The van der Waals surface area contributed by atoms with Crippen LogP contribution in [0.3, 0.4) is 0 Å². The van der Waals surface area contributed by atoms with Crippen molar-refractivity contribution in [3.63, 3.8) is 0 Å². The van der Waals surface area contributed by atoms with Gasteiger partial charge in [-0.1, -0.05) is 57.9 Å². The minimum absolute atomic E-state index is 0.0245. The molecule has 2 amide bonds. The number of allylic oxidation sites excluding steroid dienone is 1. The predicted molar refractivity (Wildman–Crippen MR) is 136 cm³/mol. The summed E-state index contributed by atoms with van der Waals surface area (Å²) in [5.74, 6) is 0.100. The zero-order valence-electron chi connectivity index (χ0n) is 19.1. The van der Waals surface area contributed by atoms with Gasteiger partial charge in [0.15, 0.2) is 0 Å². The topological polar surface area (TPSA) is 56.4 Å². The summed E-state index contributed by atoms with van der Waals surface area (Å²) in [6.07, 6.45) is 8.49. The molecule has 174 valence electrons. The van der Waals surface area contributed by atoms with E-state index in [0.29, 0.717) is 13.0 Å². The van der Waals surface area contributed by atoms with E-state index in [4.69, 9.17) is 0 Å². The maximum atomic E-state index is 13.8. The summed E-state index contributed by atoms with van der Waals surface area (Å²) >= 11 is 3.59. The highest BCUT2D eigenvalue weighted by Crippen LogP contribution is 2.43. The average Bonchev–Trinajstić information content (AvgIpc) is 3.23. The Bertz CT molecular complexity index is 1310. The summed E-state index contributed by atoms with van der Waals surface area (Å²) in [4.78, 5) is 34.6. The third-order valence-electron chi connectivity index (χ3n) is 7.59. The molecule has 1 fully saturated rings. The molecule has 2 aromatic carbocycles. The van der Waals surface area contributed by atoms with Gasteiger partial charge in [-0.25, -0.2) is 0 Å². The van der Waals surface area contributed by atoms with Crippen LogP contribution in [0, 0.1) is 0 Å². The van der Waals surface area contributed by atoms with Crippen LogP contribution in [-0.4, -0.2) is 45.7 Å². The van der Waals surface area contributed by atoms with Crippen molar-refractivity contribution < 1.29 is 9.59 Å². The first-order valence-electron chi connectivity index (χ1n) is 12.2. The Morgan fingerprint density at radius 3 is 2.76 bits per heavy atom. The number of nitrogens with zero attached hydrogens (tertiary/aromatic N) is 2. The number of carbonyl (C=O) groups is 2. The Kier molecular flexibility index (Phi) is 5.56. The highest BCUT2D eigenvalue weighted by Gasteiger charge is 2.48. The minimum Gasteiger partial charge on any atom is -0.356 e. The fourth-order valence-electron chi connectivity index (χ4n) is 5.95. The van der Waals surface area contributed by atoms with E-state index in [1.54, 1.807) is 4.90 Å². The van der Waals surface area contributed by atoms with E-state index in [1.807, 2.05) is 35.2 Å². The second-order valence-corrected chi connectivity index (χ2v) is 10.6. The summed E-state index contributed by atoms with van der Waals surface area (Å²) in [6.45, 7) is 0.783. The molecule has 3 aliphatic rings. The molecule has 1 saturated heterocycles. The first-order valence-corrected chi connectivity index (χ1v) is 13.0. The standard InChI is InChI=1S/C28H28BrN3O2/c29-20-10-6-9-19(15-20)27-26-22(21-11-4-5-12-23(21)30-26)16-24-28(34)31(17-25(33)32(24)27)14-13-18-7-2-1-3-8-18/h4-7,9-12,15,24,27,30H,1-3,8,13-14,16-17H2/t24-,27?/m0/s1.